The van der Waals surface area contributed by atoms with E-state index in [2.05, 4.69) is 44.9 Å². The minimum atomic E-state index is -1.70. The van der Waals surface area contributed by atoms with Crippen LogP contribution >= 0.6 is 0 Å². The second-order valence-corrected chi connectivity index (χ2v) is 11.0. The fourth-order valence-electron chi connectivity index (χ4n) is 1.37. The van der Waals surface area contributed by atoms with Crippen LogP contribution in [0.3, 0.4) is 0 Å². The summed E-state index contributed by atoms with van der Waals surface area (Å²) >= 11 is 0. The van der Waals surface area contributed by atoms with Gasteiger partial charge in [-0.1, -0.05) is 26.8 Å². The van der Waals surface area contributed by atoms with Crippen molar-refractivity contribution in [1.29, 1.82) is 0 Å². The highest BCUT2D eigenvalue weighted by molar-refractivity contribution is 6.74. The number of aliphatic hydroxyl groups excluding tert-OH is 1. The first kappa shape index (κ1) is 15.3. The predicted molar refractivity (Wildman–Crippen MR) is 77.0 cm³/mol. The number of aliphatic hydroxyl groups is 1. The Hall–Kier alpha value is -0.713. The first-order valence-electron chi connectivity index (χ1n) is 6.44. The summed E-state index contributed by atoms with van der Waals surface area (Å²) in [7, 11) is -1.70. The summed E-state index contributed by atoms with van der Waals surface area (Å²) in [5.74, 6) is 0. The van der Waals surface area contributed by atoms with Gasteiger partial charge < -0.3 is 9.53 Å². The average molecular weight is 267 g/mol. The van der Waals surface area contributed by atoms with E-state index in [1.54, 1.807) is 6.20 Å². The van der Waals surface area contributed by atoms with E-state index in [0.29, 0.717) is 13.0 Å². The van der Waals surface area contributed by atoms with Crippen molar-refractivity contribution < 1.29 is 9.53 Å². The number of nitrogens with zero attached hydrogens (tertiary/aromatic N) is 1. The average Bonchev–Trinajstić information content (AvgIpc) is 2.26. The summed E-state index contributed by atoms with van der Waals surface area (Å²) in [6, 6.07) is 2.07. The molecule has 0 bridgehead atoms. The third-order valence-corrected chi connectivity index (χ3v) is 8.14. The molecular formula is C14H25NO2Si. The summed E-state index contributed by atoms with van der Waals surface area (Å²) in [4.78, 5) is 4.19. The Morgan fingerprint density at radius 2 is 1.83 bits per heavy atom. The first-order chi connectivity index (χ1) is 8.26. The van der Waals surface area contributed by atoms with Crippen molar-refractivity contribution >= 4 is 8.32 Å². The molecular weight excluding hydrogens is 242 g/mol. The van der Waals surface area contributed by atoms with Crippen molar-refractivity contribution in [2.24, 2.45) is 0 Å². The number of hydrogen-bond acceptors (Lipinski definition) is 3. The van der Waals surface area contributed by atoms with Gasteiger partial charge >= 0.3 is 0 Å². The van der Waals surface area contributed by atoms with E-state index in [4.69, 9.17) is 9.53 Å². The lowest BCUT2D eigenvalue weighted by Gasteiger charge is -2.36. The monoisotopic (exact) mass is 267 g/mol. The van der Waals surface area contributed by atoms with Crippen LogP contribution in [0.1, 0.15) is 31.9 Å². The van der Waals surface area contributed by atoms with E-state index in [1.165, 1.54) is 0 Å². The molecule has 0 saturated heterocycles. The van der Waals surface area contributed by atoms with Gasteiger partial charge in [-0.2, -0.15) is 0 Å². The van der Waals surface area contributed by atoms with Gasteiger partial charge in [0, 0.05) is 19.0 Å². The van der Waals surface area contributed by atoms with Crippen molar-refractivity contribution in [2.45, 2.75) is 51.9 Å². The number of rotatable bonds is 5. The molecule has 0 fully saturated rings. The molecule has 3 nitrogen and oxygen atoms in total. The van der Waals surface area contributed by atoms with E-state index in [9.17, 15) is 0 Å². The fourth-order valence-corrected chi connectivity index (χ4v) is 2.33. The third-order valence-electron chi connectivity index (χ3n) is 3.66. The zero-order valence-electron chi connectivity index (χ0n) is 12.2. The van der Waals surface area contributed by atoms with Gasteiger partial charge in [0.05, 0.1) is 6.61 Å². The van der Waals surface area contributed by atoms with Crippen LogP contribution in [0.15, 0.2) is 18.5 Å². The Labute approximate surface area is 111 Å². The van der Waals surface area contributed by atoms with Crippen LogP contribution in [0.25, 0.3) is 0 Å². The molecule has 4 heteroatoms. The van der Waals surface area contributed by atoms with Crippen molar-refractivity contribution in [1.82, 2.24) is 4.98 Å². The van der Waals surface area contributed by atoms with Crippen molar-refractivity contribution in [3.63, 3.8) is 0 Å². The lowest BCUT2D eigenvalue weighted by atomic mass is 10.2. The second kappa shape index (κ2) is 5.95. The van der Waals surface area contributed by atoms with Gasteiger partial charge in [-0.25, -0.2) is 0 Å². The molecule has 1 heterocycles. The Morgan fingerprint density at radius 3 is 2.39 bits per heavy atom. The molecule has 0 atom stereocenters. The maximum atomic E-state index is 8.92. The summed E-state index contributed by atoms with van der Waals surface area (Å²) in [6.45, 7) is 12.0. The van der Waals surface area contributed by atoms with Crippen molar-refractivity contribution in [2.75, 3.05) is 6.61 Å². The quantitative estimate of drug-likeness (QED) is 0.833. The molecule has 0 aliphatic heterocycles. The summed E-state index contributed by atoms with van der Waals surface area (Å²) < 4.78 is 6.15. The molecule has 102 valence electrons. The zero-order valence-corrected chi connectivity index (χ0v) is 13.2. The van der Waals surface area contributed by atoms with Crippen LogP contribution in [0, 0.1) is 0 Å². The van der Waals surface area contributed by atoms with Crippen LogP contribution in [-0.2, 0) is 17.5 Å². The molecule has 1 aromatic heterocycles. The SMILES string of the molecule is CC(C)(C)[Si](C)(C)OCc1cncc(CCO)c1. The van der Waals surface area contributed by atoms with Crippen LogP contribution in [0.2, 0.25) is 18.1 Å². The number of hydrogen-bond donors (Lipinski definition) is 1. The highest BCUT2D eigenvalue weighted by atomic mass is 28.4. The summed E-state index contributed by atoms with van der Waals surface area (Å²) in [5.41, 5.74) is 2.15. The Bertz CT molecular complexity index is 386. The van der Waals surface area contributed by atoms with E-state index < -0.39 is 8.32 Å². The highest BCUT2D eigenvalue weighted by Crippen LogP contribution is 2.37. The van der Waals surface area contributed by atoms with Crippen LogP contribution in [0.4, 0.5) is 0 Å². The molecule has 1 rings (SSSR count). The van der Waals surface area contributed by atoms with Gasteiger partial charge in [-0.3, -0.25) is 4.98 Å². The maximum Gasteiger partial charge on any atom is 0.192 e. The third kappa shape index (κ3) is 4.19. The molecule has 0 aromatic carbocycles. The molecule has 0 aliphatic carbocycles. The molecule has 0 saturated carbocycles. The molecule has 18 heavy (non-hydrogen) atoms. The minimum Gasteiger partial charge on any atom is -0.413 e. The van der Waals surface area contributed by atoms with Gasteiger partial charge in [0.1, 0.15) is 0 Å². The zero-order chi connectivity index (χ0) is 13.8. The van der Waals surface area contributed by atoms with Gasteiger partial charge in [-0.15, -0.1) is 0 Å². The molecule has 0 radical (unpaired) electrons. The fraction of sp³-hybridized carbons (Fsp3) is 0.643. The van der Waals surface area contributed by atoms with Gasteiger partial charge in [0.15, 0.2) is 8.32 Å². The van der Waals surface area contributed by atoms with Crippen molar-refractivity contribution in [3.05, 3.63) is 29.6 Å². The van der Waals surface area contributed by atoms with E-state index >= 15 is 0 Å². The molecule has 1 N–H and O–H groups in total. The molecule has 0 aliphatic rings. The molecule has 0 spiro atoms. The topological polar surface area (TPSA) is 42.4 Å². The van der Waals surface area contributed by atoms with Crippen LogP contribution in [0.5, 0.6) is 0 Å². The first-order valence-corrected chi connectivity index (χ1v) is 9.35. The summed E-state index contributed by atoms with van der Waals surface area (Å²) in [5, 5.41) is 9.15. The normalized spacial score (nSPS) is 12.8. The molecule has 0 amide bonds. The van der Waals surface area contributed by atoms with E-state index in [0.717, 1.165) is 11.1 Å². The Balaban J connectivity index is 2.66. The van der Waals surface area contributed by atoms with Crippen LogP contribution in [-0.4, -0.2) is 25.0 Å². The summed E-state index contributed by atoms with van der Waals surface area (Å²) in [6.07, 6.45) is 4.29. The van der Waals surface area contributed by atoms with E-state index in [1.807, 2.05) is 6.20 Å². The Morgan fingerprint density at radius 1 is 1.22 bits per heavy atom. The maximum absolute atomic E-state index is 8.92. The largest absolute Gasteiger partial charge is 0.413 e. The molecule has 0 unspecified atom stereocenters. The van der Waals surface area contributed by atoms with Gasteiger partial charge in [-0.05, 0) is 35.7 Å². The number of aromatic nitrogens is 1. The Kier molecular flexibility index (Phi) is 5.07. The highest BCUT2D eigenvalue weighted by Gasteiger charge is 2.36. The minimum absolute atomic E-state index is 0.161. The van der Waals surface area contributed by atoms with Gasteiger partial charge in [0.2, 0.25) is 0 Å². The smallest absolute Gasteiger partial charge is 0.192 e. The number of pyridine rings is 1. The predicted octanol–water partition coefficient (Wildman–Crippen LogP) is 3.14. The molecule has 1 aromatic rings. The standard InChI is InChI=1S/C14H25NO2Si/c1-14(2,3)18(4,5)17-11-13-8-12(6-7-16)9-15-10-13/h8-10,16H,6-7,11H2,1-5H3. The van der Waals surface area contributed by atoms with Gasteiger partial charge in [0.25, 0.3) is 0 Å². The van der Waals surface area contributed by atoms with E-state index in [-0.39, 0.29) is 11.6 Å². The lowest BCUT2D eigenvalue weighted by Crippen LogP contribution is -2.40. The van der Waals surface area contributed by atoms with Crippen LogP contribution < -0.4 is 0 Å². The second-order valence-electron chi connectivity index (χ2n) is 6.22. The lowest BCUT2D eigenvalue weighted by molar-refractivity contribution is 0.275. The van der Waals surface area contributed by atoms with Crippen molar-refractivity contribution in [3.8, 4) is 0 Å².